The number of para-hydroxylation sites is 2. The van der Waals surface area contributed by atoms with Crippen LogP contribution in [0.2, 0.25) is 0 Å². The van der Waals surface area contributed by atoms with Crippen molar-refractivity contribution in [1.82, 2.24) is 0 Å². The zero-order chi connectivity index (χ0) is 14.9. The van der Waals surface area contributed by atoms with Crippen LogP contribution in [0.4, 0.5) is 5.69 Å². The minimum Gasteiger partial charge on any atom is -0.485 e. The third-order valence-corrected chi connectivity index (χ3v) is 3.44. The van der Waals surface area contributed by atoms with Crippen LogP contribution in [0, 0.1) is 0 Å². The number of amides is 1. The Labute approximate surface area is 126 Å². The minimum atomic E-state index is -0.694. The maximum Gasteiger partial charge on any atom is 0.269 e. The van der Waals surface area contributed by atoms with Gasteiger partial charge in [-0.25, -0.2) is 0 Å². The van der Waals surface area contributed by atoms with Gasteiger partial charge in [-0.15, -0.1) is 0 Å². The summed E-state index contributed by atoms with van der Waals surface area (Å²) in [5, 5.41) is 2.79. The Hall–Kier alpha value is -2.89. The monoisotopic (exact) mass is 299 g/mol. The summed E-state index contributed by atoms with van der Waals surface area (Å²) in [4.78, 5) is 12.3. The number of rotatable bonds is 2. The summed E-state index contributed by atoms with van der Waals surface area (Å²) >= 11 is 0. The van der Waals surface area contributed by atoms with E-state index in [2.05, 4.69) is 5.32 Å². The summed E-state index contributed by atoms with van der Waals surface area (Å²) in [6.07, 6.45) is -0.694. The Balaban J connectivity index is 1.47. The van der Waals surface area contributed by atoms with Crippen LogP contribution in [0.25, 0.3) is 0 Å². The number of carbonyl (C=O) groups is 1. The third kappa shape index (κ3) is 2.28. The molecule has 0 saturated heterocycles. The third-order valence-electron chi connectivity index (χ3n) is 3.44. The molecule has 0 unspecified atom stereocenters. The molecule has 6 heteroatoms. The Morgan fingerprint density at radius 3 is 2.64 bits per heavy atom. The molecule has 0 bridgehead atoms. The number of hydrogen-bond donors (Lipinski definition) is 1. The summed E-state index contributed by atoms with van der Waals surface area (Å²) in [5.41, 5.74) is 0.622. The van der Waals surface area contributed by atoms with E-state index in [0.717, 1.165) is 0 Å². The molecule has 6 nitrogen and oxygen atoms in total. The van der Waals surface area contributed by atoms with Gasteiger partial charge in [0.05, 0.1) is 0 Å². The van der Waals surface area contributed by atoms with Crippen LogP contribution < -0.4 is 24.3 Å². The second kappa shape index (κ2) is 5.14. The Morgan fingerprint density at radius 2 is 1.73 bits per heavy atom. The lowest BCUT2D eigenvalue weighted by Gasteiger charge is -2.25. The summed E-state index contributed by atoms with van der Waals surface area (Å²) in [6, 6.07) is 12.5. The smallest absolute Gasteiger partial charge is 0.269 e. The molecule has 2 aliphatic rings. The number of anilines is 1. The molecule has 2 aromatic carbocycles. The fourth-order valence-corrected chi connectivity index (χ4v) is 2.35. The average Bonchev–Trinajstić information content (AvgIpc) is 3.02. The molecule has 0 spiro atoms. The van der Waals surface area contributed by atoms with E-state index < -0.39 is 6.10 Å². The fraction of sp³-hybridized carbons (Fsp3) is 0.188. The van der Waals surface area contributed by atoms with E-state index in [1.54, 1.807) is 30.3 Å². The second-order valence-electron chi connectivity index (χ2n) is 4.92. The highest BCUT2D eigenvalue weighted by Crippen LogP contribution is 2.35. The lowest BCUT2D eigenvalue weighted by atomic mass is 10.2. The minimum absolute atomic E-state index is 0.174. The normalized spacial score (nSPS) is 17.9. The molecule has 2 heterocycles. The van der Waals surface area contributed by atoms with Gasteiger partial charge in [-0.2, -0.15) is 0 Å². The van der Waals surface area contributed by atoms with Crippen molar-refractivity contribution >= 4 is 11.6 Å². The quantitative estimate of drug-likeness (QED) is 0.921. The summed E-state index contributed by atoms with van der Waals surface area (Å²) in [5.74, 6) is 2.23. The molecular formula is C16H13NO5. The van der Waals surface area contributed by atoms with E-state index in [1.807, 2.05) is 12.1 Å². The van der Waals surface area contributed by atoms with Crippen molar-refractivity contribution in [2.24, 2.45) is 0 Å². The molecule has 0 fully saturated rings. The summed E-state index contributed by atoms with van der Waals surface area (Å²) in [6.45, 7) is 0.372. The van der Waals surface area contributed by atoms with Gasteiger partial charge >= 0.3 is 0 Å². The van der Waals surface area contributed by atoms with Crippen molar-refractivity contribution < 1.29 is 23.7 Å². The van der Waals surface area contributed by atoms with E-state index >= 15 is 0 Å². The van der Waals surface area contributed by atoms with Crippen molar-refractivity contribution in [3.63, 3.8) is 0 Å². The molecule has 0 aliphatic carbocycles. The van der Waals surface area contributed by atoms with Gasteiger partial charge < -0.3 is 24.3 Å². The highest BCUT2D eigenvalue weighted by molar-refractivity contribution is 5.95. The topological polar surface area (TPSA) is 66.0 Å². The Bertz CT molecular complexity index is 730. The van der Waals surface area contributed by atoms with Crippen LogP contribution in [-0.2, 0) is 4.79 Å². The predicted molar refractivity (Wildman–Crippen MR) is 77.5 cm³/mol. The molecule has 1 N–H and O–H groups in total. The molecule has 1 amide bonds. The lowest BCUT2D eigenvalue weighted by Crippen LogP contribution is -2.40. The lowest BCUT2D eigenvalue weighted by molar-refractivity contribution is -0.125. The maximum absolute atomic E-state index is 12.3. The van der Waals surface area contributed by atoms with E-state index in [1.165, 1.54) is 0 Å². The zero-order valence-corrected chi connectivity index (χ0v) is 11.6. The first kappa shape index (κ1) is 12.8. The molecule has 0 saturated carbocycles. The molecule has 0 aromatic heterocycles. The van der Waals surface area contributed by atoms with Gasteiger partial charge in [-0.05, 0) is 24.3 Å². The van der Waals surface area contributed by atoms with E-state index in [0.29, 0.717) is 28.7 Å². The maximum atomic E-state index is 12.3. The number of carbonyl (C=O) groups excluding carboxylic acids is 1. The first-order chi connectivity index (χ1) is 10.8. The first-order valence-corrected chi connectivity index (χ1v) is 6.88. The molecular weight excluding hydrogens is 286 g/mol. The Kier molecular flexibility index (Phi) is 3.00. The van der Waals surface area contributed by atoms with Crippen LogP contribution in [0.3, 0.4) is 0 Å². The van der Waals surface area contributed by atoms with Crippen molar-refractivity contribution in [3.05, 3.63) is 42.5 Å². The van der Waals surface area contributed by atoms with Gasteiger partial charge in [0, 0.05) is 11.8 Å². The molecule has 2 aromatic rings. The Morgan fingerprint density at radius 1 is 0.955 bits per heavy atom. The van der Waals surface area contributed by atoms with E-state index in [-0.39, 0.29) is 19.3 Å². The van der Waals surface area contributed by atoms with Gasteiger partial charge in [-0.3, -0.25) is 4.79 Å². The highest BCUT2D eigenvalue weighted by atomic mass is 16.7. The summed E-state index contributed by atoms with van der Waals surface area (Å²) in [7, 11) is 0. The number of fused-ring (bicyclic) bond motifs is 2. The first-order valence-electron chi connectivity index (χ1n) is 6.88. The van der Waals surface area contributed by atoms with Crippen LogP contribution in [-0.4, -0.2) is 25.4 Å². The van der Waals surface area contributed by atoms with Crippen LogP contribution in [0.5, 0.6) is 23.0 Å². The van der Waals surface area contributed by atoms with Gasteiger partial charge in [0.15, 0.2) is 23.0 Å². The number of ether oxygens (including phenoxy) is 4. The van der Waals surface area contributed by atoms with Crippen LogP contribution >= 0.6 is 0 Å². The van der Waals surface area contributed by atoms with Gasteiger partial charge in [0.25, 0.3) is 5.91 Å². The zero-order valence-electron chi connectivity index (χ0n) is 11.6. The SMILES string of the molecule is O=C(Nc1ccc2c(c1)OCO2)[C@H]1COc2ccccc2O1. The van der Waals surface area contributed by atoms with Crippen LogP contribution in [0.1, 0.15) is 0 Å². The number of hydrogen-bond acceptors (Lipinski definition) is 5. The molecule has 1 atom stereocenters. The van der Waals surface area contributed by atoms with E-state index in [4.69, 9.17) is 18.9 Å². The van der Waals surface area contributed by atoms with Gasteiger partial charge in [-0.1, -0.05) is 12.1 Å². The average molecular weight is 299 g/mol. The standard InChI is InChI=1S/C16H13NO5/c18-16(15-8-19-11-3-1-2-4-13(11)22-15)17-10-5-6-12-14(7-10)21-9-20-12/h1-7,15H,8-9H2,(H,17,18)/t15-/m1/s1. The second-order valence-corrected chi connectivity index (χ2v) is 4.92. The van der Waals surface area contributed by atoms with Crippen molar-refractivity contribution in [1.29, 1.82) is 0 Å². The molecule has 22 heavy (non-hydrogen) atoms. The van der Waals surface area contributed by atoms with Gasteiger partial charge in [0.2, 0.25) is 12.9 Å². The summed E-state index contributed by atoms with van der Waals surface area (Å²) < 4.78 is 21.7. The molecule has 4 rings (SSSR count). The predicted octanol–water partition coefficient (Wildman–Crippen LogP) is 2.19. The largest absolute Gasteiger partial charge is 0.485 e. The van der Waals surface area contributed by atoms with Crippen molar-refractivity contribution in [3.8, 4) is 23.0 Å². The number of nitrogens with one attached hydrogen (secondary N) is 1. The van der Waals surface area contributed by atoms with Crippen molar-refractivity contribution in [2.75, 3.05) is 18.7 Å². The van der Waals surface area contributed by atoms with Crippen LogP contribution in [0.15, 0.2) is 42.5 Å². The molecule has 0 radical (unpaired) electrons. The van der Waals surface area contributed by atoms with Gasteiger partial charge in [0.1, 0.15) is 6.61 Å². The molecule has 112 valence electrons. The van der Waals surface area contributed by atoms with Crippen molar-refractivity contribution in [2.45, 2.75) is 6.10 Å². The highest BCUT2D eigenvalue weighted by Gasteiger charge is 2.27. The van der Waals surface area contributed by atoms with E-state index in [9.17, 15) is 4.79 Å². The molecule has 2 aliphatic heterocycles. The fourth-order valence-electron chi connectivity index (χ4n) is 2.35. The number of benzene rings is 2.